The molecule has 2 aromatic heterocycles. The highest BCUT2D eigenvalue weighted by Gasteiger charge is 2.15. The van der Waals surface area contributed by atoms with E-state index in [1.54, 1.807) is 14.0 Å². The number of nitrogens with zero attached hydrogens (tertiary/aromatic N) is 5. The van der Waals surface area contributed by atoms with E-state index in [-0.39, 0.29) is 5.69 Å². The minimum absolute atomic E-state index is 0.312. The third-order valence-electron chi connectivity index (χ3n) is 2.56. The summed E-state index contributed by atoms with van der Waals surface area (Å²) >= 11 is 1.13. The zero-order valence-corrected chi connectivity index (χ0v) is 10.9. The molecule has 18 heavy (non-hydrogen) atoms. The Balaban J connectivity index is 2.48. The molecule has 92 valence electrons. The molecule has 0 unspecified atom stereocenters. The number of aromatic amines is 1. The van der Waals surface area contributed by atoms with Crippen molar-refractivity contribution in [2.75, 3.05) is 0 Å². The highest BCUT2D eigenvalue weighted by Crippen LogP contribution is 2.27. The van der Waals surface area contributed by atoms with Crippen LogP contribution in [0.25, 0.3) is 0 Å². The van der Waals surface area contributed by atoms with Crippen LogP contribution in [-0.2, 0) is 7.05 Å². The normalized spacial score (nSPS) is 10.3. The highest BCUT2D eigenvalue weighted by atomic mass is 32.2. The van der Waals surface area contributed by atoms with Crippen molar-refractivity contribution < 1.29 is 0 Å². The van der Waals surface area contributed by atoms with Gasteiger partial charge in [0.05, 0.1) is 11.3 Å². The van der Waals surface area contributed by atoms with Gasteiger partial charge in [0.25, 0.3) is 0 Å². The van der Waals surface area contributed by atoms with Crippen molar-refractivity contribution in [3.63, 3.8) is 0 Å². The Morgan fingerprint density at radius 2 is 2.11 bits per heavy atom. The second kappa shape index (κ2) is 4.62. The summed E-state index contributed by atoms with van der Waals surface area (Å²) in [6, 6.07) is 2.10. The molecule has 0 fully saturated rings. The van der Waals surface area contributed by atoms with Crippen molar-refractivity contribution >= 4 is 11.8 Å². The van der Waals surface area contributed by atoms with Gasteiger partial charge >= 0.3 is 5.69 Å². The van der Waals surface area contributed by atoms with Gasteiger partial charge in [0.15, 0.2) is 5.16 Å². The summed E-state index contributed by atoms with van der Waals surface area (Å²) in [6.45, 7) is 3.61. The molecule has 0 aromatic carbocycles. The number of hydrogen-bond donors (Lipinski definition) is 1. The Morgan fingerprint density at radius 1 is 1.39 bits per heavy atom. The lowest BCUT2D eigenvalue weighted by Gasteiger charge is -2.05. The lowest BCUT2D eigenvalue weighted by Crippen LogP contribution is -2.13. The van der Waals surface area contributed by atoms with E-state index in [1.165, 1.54) is 4.57 Å². The predicted octanol–water partition coefficient (Wildman–Crippen LogP) is 0.538. The predicted molar refractivity (Wildman–Crippen MR) is 64.2 cm³/mol. The number of aromatic nitrogens is 5. The minimum atomic E-state index is -0.312. The molecule has 0 atom stereocenters. The Kier molecular flexibility index (Phi) is 3.16. The Bertz CT molecular complexity index is 695. The summed E-state index contributed by atoms with van der Waals surface area (Å²) in [5.74, 6) is 0. The number of H-pyrrole nitrogens is 1. The second-order valence-corrected chi connectivity index (χ2v) is 4.63. The van der Waals surface area contributed by atoms with Gasteiger partial charge in [0.1, 0.15) is 11.1 Å². The Hall–Kier alpha value is -2.14. The summed E-state index contributed by atoms with van der Waals surface area (Å²) in [6.07, 6.45) is 0. The van der Waals surface area contributed by atoms with E-state index in [2.05, 4.69) is 26.5 Å². The lowest BCUT2D eigenvalue weighted by atomic mass is 10.1. The largest absolute Gasteiger partial charge is 0.343 e. The third-order valence-corrected chi connectivity index (χ3v) is 3.59. The smallest absolute Gasteiger partial charge is 0.273 e. The third kappa shape index (κ3) is 2.00. The van der Waals surface area contributed by atoms with Crippen LogP contribution in [0.4, 0.5) is 0 Å². The first kappa shape index (κ1) is 12.3. The molecule has 2 heterocycles. The van der Waals surface area contributed by atoms with E-state index in [4.69, 9.17) is 5.26 Å². The van der Waals surface area contributed by atoms with Crippen LogP contribution >= 0.6 is 11.8 Å². The van der Waals surface area contributed by atoms with Crippen molar-refractivity contribution in [3.8, 4) is 6.07 Å². The topological polar surface area (TPSA) is 100 Å². The van der Waals surface area contributed by atoms with Gasteiger partial charge in [-0.2, -0.15) is 10.4 Å². The number of hydrogen-bond acceptors (Lipinski definition) is 6. The monoisotopic (exact) mass is 262 g/mol. The van der Waals surface area contributed by atoms with Crippen LogP contribution in [0.15, 0.2) is 15.0 Å². The molecular formula is C10H10N6OS. The van der Waals surface area contributed by atoms with E-state index >= 15 is 0 Å². The fraction of sp³-hybridized carbons (Fsp3) is 0.300. The molecule has 0 spiro atoms. The van der Waals surface area contributed by atoms with E-state index < -0.39 is 0 Å². The maximum atomic E-state index is 11.2. The van der Waals surface area contributed by atoms with Crippen LogP contribution in [0.2, 0.25) is 0 Å². The summed E-state index contributed by atoms with van der Waals surface area (Å²) in [4.78, 5) is 11.2. The van der Waals surface area contributed by atoms with Crippen LogP contribution in [0.5, 0.6) is 0 Å². The van der Waals surface area contributed by atoms with Crippen LogP contribution in [0.1, 0.15) is 16.8 Å². The van der Waals surface area contributed by atoms with Crippen molar-refractivity contribution in [3.05, 3.63) is 27.3 Å². The van der Waals surface area contributed by atoms with Gasteiger partial charge in [-0.3, -0.25) is 4.57 Å². The van der Waals surface area contributed by atoms with Gasteiger partial charge in [-0.1, -0.05) is 0 Å². The Morgan fingerprint density at radius 3 is 2.67 bits per heavy atom. The highest BCUT2D eigenvalue weighted by molar-refractivity contribution is 7.99. The van der Waals surface area contributed by atoms with Crippen molar-refractivity contribution in [1.29, 1.82) is 5.26 Å². The molecule has 0 amide bonds. The van der Waals surface area contributed by atoms with Crippen LogP contribution in [0, 0.1) is 25.2 Å². The number of nitriles is 1. The average Bonchev–Trinajstić information content (AvgIpc) is 2.66. The number of rotatable bonds is 2. The SMILES string of the molecule is Cc1nnc(Sc2n[nH]c(=O)n2C)c(C#N)c1C. The standard InChI is InChI=1S/C10H10N6OS/c1-5-6(2)12-13-8(7(5)4-11)18-10-15-14-9(17)16(10)3/h1-3H3,(H,14,17). The first-order valence-electron chi connectivity index (χ1n) is 5.07. The van der Waals surface area contributed by atoms with E-state index in [1.807, 2.05) is 6.92 Å². The zero-order valence-electron chi connectivity index (χ0n) is 10.1. The van der Waals surface area contributed by atoms with Crippen molar-refractivity contribution in [2.45, 2.75) is 24.0 Å². The molecule has 0 saturated heterocycles. The maximum absolute atomic E-state index is 11.2. The number of aryl methyl sites for hydroxylation is 1. The molecule has 2 rings (SSSR count). The summed E-state index contributed by atoms with van der Waals surface area (Å²) < 4.78 is 1.35. The molecule has 0 bridgehead atoms. The molecule has 1 N–H and O–H groups in total. The fourth-order valence-electron chi connectivity index (χ4n) is 1.30. The molecule has 7 nitrogen and oxygen atoms in total. The summed E-state index contributed by atoms with van der Waals surface area (Å²) in [7, 11) is 1.59. The van der Waals surface area contributed by atoms with Gasteiger partial charge in [0.2, 0.25) is 0 Å². The second-order valence-electron chi connectivity index (χ2n) is 3.67. The Labute approximate surface area is 107 Å². The molecular weight excluding hydrogens is 252 g/mol. The summed E-state index contributed by atoms with van der Waals surface area (Å²) in [5.41, 5.74) is 1.65. The molecule has 2 aromatic rings. The van der Waals surface area contributed by atoms with E-state index in [0.717, 1.165) is 17.3 Å². The van der Waals surface area contributed by atoms with Gasteiger partial charge in [-0.25, -0.2) is 9.89 Å². The molecule has 8 heteroatoms. The molecule has 0 aliphatic rings. The summed E-state index contributed by atoms with van der Waals surface area (Å²) in [5, 5.41) is 24.2. The lowest BCUT2D eigenvalue weighted by molar-refractivity contribution is 0.762. The fourth-order valence-corrected chi connectivity index (χ4v) is 2.17. The molecule has 0 aliphatic carbocycles. The number of nitrogens with one attached hydrogen (secondary N) is 1. The van der Waals surface area contributed by atoms with Crippen LogP contribution in [-0.4, -0.2) is 25.0 Å². The molecule has 0 radical (unpaired) electrons. The van der Waals surface area contributed by atoms with Crippen LogP contribution in [0.3, 0.4) is 0 Å². The maximum Gasteiger partial charge on any atom is 0.343 e. The van der Waals surface area contributed by atoms with E-state index in [0.29, 0.717) is 21.4 Å². The first-order valence-corrected chi connectivity index (χ1v) is 5.89. The van der Waals surface area contributed by atoms with Crippen molar-refractivity contribution in [2.24, 2.45) is 7.05 Å². The van der Waals surface area contributed by atoms with Crippen LogP contribution < -0.4 is 5.69 Å². The first-order chi connectivity index (χ1) is 8.54. The van der Waals surface area contributed by atoms with Gasteiger partial charge in [0, 0.05) is 7.05 Å². The quantitative estimate of drug-likeness (QED) is 0.847. The van der Waals surface area contributed by atoms with Crippen molar-refractivity contribution in [1.82, 2.24) is 25.0 Å². The van der Waals surface area contributed by atoms with Gasteiger partial charge in [-0.15, -0.1) is 10.2 Å². The van der Waals surface area contributed by atoms with Gasteiger partial charge in [-0.05, 0) is 31.2 Å². The molecule has 0 aliphatic heterocycles. The zero-order chi connectivity index (χ0) is 13.3. The minimum Gasteiger partial charge on any atom is -0.273 e. The van der Waals surface area contributed by atoms with Gasteiger partial charge < -0.3 is 0 Å². The van der Waals surface area contributed by atoms with E-state index in [9.17, 15) is 4.79 Å². The molecule has 0 saturated carbocycles. The average molecular weight is 262 g/mol.